The molecule has 0 saturated carbocycles. The molecule has 1 aromatic heterocycles. The predicted octanol–water partition coefficient (Wildman–Crippen LogP) is 2.54. The van der Waals surface area contributed by atoms with Gasteiger partial charge in [0.15, 0.2) is 0 Å². The first kappa shape index (κ1) is 9.16. The van der Waals surface area contributed by atoms with E-state index in [4.69, 9.17) is 0 Å². The zero-order valence-electron chi connectivity index (χ0n) is 7.22. The number of hydrogen-bond donors (Lipinski definition) is 0. The van der Waals surface area contributed by atoms with E-state index in [2.05, 4.69) is 5.10 Å². The second-order valence-electron chi connectivity index (χ2n) is 2.73. The van der Waals surface area contributed by atoms with Gasteiger partial charge in [0.2, 0.25) is 0 Å². The first-order chi connectivity index (χ1) is 5.65. The number of halogens is 2. The van der Waals surface area contributed by atoms with Crippen LogP contribution in [0.1, 0.15) is 31.2 Å². The van der Waals surface area contributed by atoms with Crippen molar-refractivity contribution in [3.8, 4) is 0 Å². The van der Waals surface area contributed by atoms with Crippen molar-refractivity contribution in [1.29, 1.82) is 0 Å². The van der Waals surface area contributed by atoms with Crippen LogP contribution in [0.15, 0.2) is 6.07 Å². The summed E-state index contributed by atoms with van der Waals surface area (Å²) in [7, 11) is 0. The maximum atomic E-state index is 12.1. The van der Waals surface area contributed by atoms with Crippen molar-refractivity contribution < 1.29 is 8.78 Å². The zero-order valence-corrected chi connectivity index (χ0v) is 7.22. The maximum absolute atomic E-state index is 12.1. The molecule has 0 radical (unpaired) electrons. The molecule has 68 valence electrons. The number of alkyl halides is 2. The molecule has 0 bridgehead atoms. The molecule has 0 N–H and O–H groups in total. The number of nitrogens with zero attached hydrogens (tertiary/aromatic N) is 2. The van der Waals surface area contributed by atoms with E-state index in [0.29, 0.717) is 6.54 Å². The Hall–Kier alpha value is -0.930. The number of aryl methyl sites for hydroxylation is 2. The second-order valence-corrected chi connectivity index (χ2v) is 2.73. The highest BCUT2D eigenvalue weighted by molar-refractivity contribution is 5.09. The third-order valence-electron chi connectivity index (χ3n) is 1.66. The molecule has 0 aliphatic heterocycles. The summed E-state index contributed by atoms with van der Waals surface area (Å²) < 4.78 is 25.9. The van der Waals surface area contributed by atoms with Crippen molar-refractivity contribution in [2.45, 2.75) is 33.2 Å². The Bertz CT molecular complexity index is 256. The van der Waals surface area contributed by atoms with Crippen LogP contribution in [0.3, 0.4) is 0 Å². The quantitative estimate of drug-likeness (QED) is 0.688. The smallest absolute Gasteiger partial charge is 0.269 e. The van der Waals surface area contributed by atoms with Crippen LogP contribution in [0.5, 0.6) is 0 Å². The molecule has 12 heavy (non-hydrogen) atoms. The highest BCUT2D eigenvalue weighted by Crippen LogP contribution is 2.17. The number of rotatable bonds is 3. The standard InChI is InChI=1S/C8H12F2N2/c1-3-4-12-6(2)5-7(11-12)8(9)10/h5,8H,3-4H2,1-2H3. The summed E-state index contributed by atoms with van der Waals surface area (Å²) in [6, 6.07) is 1.43. The van der Waals surface area contributed by atoms with Gasteiger partial charge in [0.25, 0.3) is 6.43 Å². The fraction of sp³-hybridized carbons (Fsp3) is 0.625. The summed E-state index contributed by atoms with van der Waals surface area (Å²) in [6.07, 6.45) is -1.55. The Labute approximate surface area is 70.2 Å². The van der Waals surface area contributed by atoms with Crippen LogP contribution >= 0.6 is 0 Å². The van der Waals surface area contributed by atoms with Crippen LogP contribution in [0.25, 0.3) is 0 Å². The lowest BCUT2D eigenvalue weighted by molar-refractivity contribution is 0.145. The van der Waals surface area contributed by atoms with Gasteiger partial charge < -0.3 is 0 Å². The topological polar surface area (TPSA) is 17.8 Å². The summed E-state index contributed by atoms with van der Waals surface area (Å²) in [5.41, 5.74) is 0.674. The van der Waals surface area contributed by atoms with E-state index in [1.165, 1.54) is 6.07 Å². The Kier molecular flexibility index (Phi) is 2.78. The molecule has 0 aromatic carbocycles. The molecule has 4 heteroatoms. The minimum absolute atomic E-state index is 0.124. The average Bonchev–Trinajstić information content (AvgIpc) is 2.34. The minimum Gasteiger partial charge on any atom is -0.269 e. The van der Waals surface area contributed by atoms with Crippen molar-refractivity contribution in [1.82, 2.24) is 9.78 Å². The first-order valence-electron chi connectivity index (χ1n) is 3.97. The molecule has 1 rings (SSSR count). The molecule has 0 spiro atoms. The average molecular weight is 174 g/mol. The lowest BCUT2D eigenvalue weighted by Gasteiger charge is -1.99. The van der Waals surface area contributed by atoms with E-state index < -0.39 is 6.43 Å². The lowest BCUT2D eigenvalue weighted by Crippen LogP contribution is -2.01. The highest BCUT2D eigenvalue weighted by Gasteiger charge is 2.12. The molecule has 0 amide bonds. The largest absolute Gasteiger partial charge is 0.282 e. The van der Waals surface area contributed by atoms with E-state index in [1.807, 2.05) is 6.92 Å². The monoisotopic (exact) mass is 174 g/mol. The van der Waals surface area contributed by atoms with Gasteiger partial charge in [0, 0.05) is 12.2 Å². The van der Waals surface area contributed by atoms with Gasteiger partial charge in [0.1, 0.15) is 5.69 Å². The summed E-state index contributed by atoms with van der Waals surface area (Å²) in [5, 5.41) is 3.77. The molecular weight excluding hydrogens is 162 g/mol. The molecule has 0 fully saturated rings. The van der Waals surface area contributed by atoms with Gasteiger partial charge in [-0.1, -0.05) is 6.92 Å². The van der Waals surface area contributed by atoms with Gasteiger partial charge in [-0.05, 0) is 19.4 Å². The molecule has 0 aliphatic carbocycles. The van der Waals surface area contributed by atoms with E-state index in [9.17, 15) is 8.78 Å². The molecule has 1 heterocycles. The molecule has 0 saturated heterocycles. The van der Waals surface area contributed by atoms with Gasteiger partial charge in [-0.15, -0.1) is 0 Å². The summed E-state index contributed by atoms with van der Waals surface area (Å²) >= 11 is 0. The van der Waals surface area contributed by atoms with Gasteiger partial charge in [-0.2, -0.15) is 5.10 Å². The van der Waals surface area contributed by atoms with Crippen LogP contribution in [-0.2, 0) is 6.54 Å². The number of aromatic nitrogens is 2. The van der Waals surface area contributed by atoms with Crippen LogP contribution in [0, 0.1) is 6.92 Å². The predicted molar refractivity (Wildman–Crippen MR) is 42.2 cm³/mol. The van der Waals surface area contributed by atoms with Crippen LogP contribution in [-0.4, -0.2) is 9.78 Å². The van der Waals surface area contributed by atoms with Crippen molar-refractivity contribution in [2.24, 2.45) is 0 Å². The second kappa shape index (κ2) is 3.65. The fourth-order valence-corrected chi connectivity index (χ4v) is 1.08. The third kappa shape index (κ3) is 1.81. The fourth-order valence-electron chi connectivity index (χ4n) is 1.08. The molecule has 1 aromatic rings. The minimum atomic E-state index is -2.46. The van der Waals surface area contributed by atoms with E-state index in [-0.39, 0.29) is 5.69 Å². The maximum Gasteiger partial charge on any atom is 0.282 e. The Morgan fingerprint density at radius 3 is 2.67 bits per heavy atom. The van der Waals surface area contributed by atoms with Gasteiger partial charge in [-0.3, -0.25) is 4.68 Å². The highest BCUT2D eigenvalue weighted by atomic mass is 19.3. The van der Waals surface area contributed by atoms with Crippen molar-refractivity contribution in [3.63, 3.8) is 0 Å². The first-order valence-corrected chi connectivity index (χ1v) is 3.97. The van der Waals surface area contributed by atoms with Crippen molar-refractivity contribution in [2.75, 3.05) is 0 Å². The molecule has 0 unspecified atom stereocenters. The van der Waals surface area contributed by atoms with E-state index in [1.54, 1.807) is 11.6 Å². The van der Waals surface area contributed by atoms with Crippen molar-refractivity contribution >= 4 is 0 Å². The SMILES string of the molecule is CCCn1nc(C(F)F)cc1C. The van der Waals surface area contributed by atoms with E-state index in [0.717, 1.165) is 12.1 Å². The summed E-state index contributed by atoms with van der Waals surface area (Å²) in [5.74, 6) is 0. The van der Waals surface area contributed by atoms with E-state index >= 15 is 0 Å². The Balaban J connectivity index is 2.85. The molecule has 0 atom stereocenters. The van der Waals surface area contributed by atoms with Crippen LogP contribution in [0.4, 0.5) is 8.78 Å². The Morgan fingerprint density at radius 1 is 1.58 bits per heavy atom. The molecule has 2 nitrogen and oxygen atoms in total. The lowest BCUT2D eigenvalue weighted by atomic mass is 10.4. The van der Waals surface area contributed by atoms with Gasteiger partial charge in [0.05, 0.1) is 0 Å². The zero-order chi connectivity index (χ0) is 9.14. The van der Waals surface area contributed by atoms with Gasteiger partial charge in [-0.25, -0.2) is 8.78 Å². The van der Waals surface area contributed by atoms with Crippen molar-refractivity contribution in [3.05, 3.63) is 17.5 Å². The molecular formula is C8H12F2N2. The Morgan fingerprint density at radius 2 is 2.25 bits per heavy atom. The molecule has 0 aliphatic rings. The van der Waals surface area contributed by atoms with Crippen LogP contribution < -0.4 is 0 Å². The third-order valence-corrected chi connectivity index (χ3v) is 1.66. The normalized spacial score (nSPS) is 11.1. The van der Waals surface area contributed by atoms with Crippen LogP contribution in [0.2, 0.25) is 0 Å². The summed E-state index contributed by atoms with van der Waals surface area (Å²) in [4.78, 5) is 0. The number of hydrogen-bond acceptors (Lipinski definition) is 1. The van der Waals surface area contributed by atoms with Gasteiger partial charge >= 0.3 is 0 Å². The summed E-state index contributed by atoms with van der Waals surface area (Å²) in [6.45, 7) is 4.48.